The second-order valence-corrected chi connectivity index (χ2v) is 6.17. The predicted molar refractivity (Wildman–Crippen MR) is 93.5 cm³/mol. The van der Waals surface area contributed by atoms with Crippen molar-refractivity contribution in [3.05, 3.63) is 77.9 Å². The van der Waals surface area contributed by atoms with Crippen LogP contribution < -0.4 is 0 Å². The van der Waals surface area contributed by atoms with Gasteiger partial charge in [-0.05, 0) is 23.3 Å². The first-order valence-corrected chi connectivity index (χ1v) is 8.16. The molecule has 4 rings (SSSR count). The van der Waals surface area contributed by atoms with Crippen molar-refractivity contribution in [2.45, 2.75) is 13.0 Å². The normalized spacial score (nSPS) is 13.6. The fourth-order valence-electron chi connectivity index (χ4n) is 3.21. The zero-order valence-corrected chi connectivity index (χ0v) is 13.6. The summed E-state index contributed by atoms with van der Waals surface area (Å²) in [7, 11) is 1.98. The van der Waals surface area contributed by atoms with Gasteiger partial charge in [-0.25, -0.2) is 4.98 Å². The number of fused-ring (bicyclic) bond motifs is 1. The number of hydrogen-bond donors (Lipinski definition) is 0. The number of aryl methyl sites for hydroxylation is 1. The molecule has 0 fully saturated rings. The number of amides is 1. The van der Waals surface area contributed by atoms with Gasteiger partial charge in [0.05, 0.1) is 24.3 Å². The molecule has 0 N–H and O–H groups in total. The molecule has 0 radical (unpaired) electrons. The molecule has 1 aliphatic heterocycles. The van der Waals surface area contributed by atoms with Crippen molar-refractivity contribution < 1.29 is 4.79 Å². The van der Waals surface area contributed by atoms with E-state index in [1.807, 2.05) is 65.3 Å². The van der Waals surface area contributed by atoms with Gasteiger partial charge in [0.2, 0.25) is 0 Å². The zero-order valence-electron chi connectivity index (χ0n) is 13.6. The summed E-state index contributed by atoms with van der Waals surface area (Å²) >= 11 is 0. The first kappa shape index (κ1) is 14.7. The number of imidazole rings is 1. The van der Waals surface area contributed by atoms with Gasteiger partial charge in [-0.1, -0.05) is 42.5 Å². The fraction of sp³-hybridized carbons (Fsp3) is 0.200. The maximum Gasteiger partial charge on any atom is 0.254 e. The molecule has 1 aliphatic rings. The number of carbonyl (C=O) groups excluding carboxylic acids is 1. The van der Waals surface area contributed by atoms with Crippen LogP contribution >= 0.6 is 0 Å². The van der Waals surface area contributed by atoms with Crippen LogP contribution in [0.5, 0.6) is 0 Å². The minimum Gasteiger partial charge on any atom is -0.336 e. The van der Waals surface area contributed by atoms with Gasteiger partial charge in [0.1, 0.15) is 0 Å². The maximum absolute atomic E-state index is 12.8. The summed E-state index contributed by atoms with van der Waals surface area (Å²) in [6.45, 7) is 1.36. The Morgan fingerprint density at radius 3 is 2.46 bits per heavy atom. The molecule has 0 aliphatic carbocycles. The molecule has 0 atom stereocenters. The molecule has 0 saturated heterocycles. The monoisotopic (exact) mass is 317 g/mol. The molecule has 0 saturated carbocycles. The molecule has 1 aromatic heterocycles. The van der Waals surface area contributed by atoms with Crippen molar-refractivity contribution in [3.63, 3.8) is 0 Å². The first-order chi connectivity index (χ1) is 11.7. The maximum atomic E-state index is 12.8. The van der Waals surface area contributed by atoms with Crippen molar-refractivity contribution in [2.24, 2.45) is 7.05 Å². The van der Waals surface area contributed by atoms with Gasteiger partial charge < -0.3 is 9.47 Å². The van der Waals surface area contributed by atoms with Crippen LogP contribution in [0.4, 0.5) is 0 Å². The van der Waals surface area contributed by atoms with Crippen LogP contribution in [-0.4, -0.2) is 26.9 Å². The Morgan fingerprint density at radius 2 is 1.71 bits per heavy atom. The Balaban J connectivity index is 1.54. The quantitative estimate of drug-likeness (QED) is 0.727. The summed E-state index contributed by atoms with van der Waals surface area (Å²) in [6, 6.07) is 18.1. The van der Waals surface area contributed by atoms with Gasteiger partial charge in [-0.2, -0.15) is 0 Å². The van der Waals surface area contributed by atoms with Crippen LogP contribution in [0.15, 0.2) is 60.9 Å². The zero-order chi connectivity index (χ0) is 16.5. The molecule has 4 heteroatoms. The summed E-state index contributed by atoms with van der Waals surface area (Å²) in [4.78, 5) is 19.1. The molecule has 0 spiro atoms. The van der Waals surface area contributed by atoms with E-state index in [0.29, 0.717) is 6.54 Å². The van der Waals surface area contributed by atoms with Gasteiger partial charge in [-0.3, -0.25) is 4.79 Å². The van der Waals surface area contributed by atoms with Crippen LogP contribution in [0.1, 0.15) is 21.7 Å². The molecule has 2 aromatic carbocycles. The molecular formula is C20H19N3O. The van der Waals surface area contributed by atoms with Gasteiger partial charge in [0.15, 0.2) is 0 Å². The summed E-state index contributed by atoms with van der Waals surface area (Å²) in [5.74, 6) is 0.0847. The smallest absolute Gasteiger partial charge is 0.254 e. The van der Waals surface area contributed by atoms with Crippen molar-refractivity contribution in [1.29, 1.82) is 0 Å². The van der Waals surface area contributed by atoms with E-state index >= 15 is 0 Å². The van der Waals surface area contributed by atoms with Gasteiger partial charge >= 0.3 is 0 Å². The lowest BCUT2D eigenvalue weighted by atomic mass is 10.0. The second kappa shape index (κ2) is 5.96. The molecule has 120 valence electrons. The SMILES string of the molecule is Cn1cnc2c1CN(C(=O)c1ccc(-c3ccccc3)cc1)CC2. The molecule has 0 unspecified atom stereocenters. The standard InChI is InChI=1S/C20H19N3O/c1-22-14-21-18-11-12-23(13-19(18)22)20(24)17-9-7-16(8-10-17)15-5-3-2-4-6-15/h2-10,14H,11-13H2,1H3. The highest BCUT2D eigenvalue weighted by molar-refractivity contribution is 5.94. The van der Waals surface area contributed by atoms with E-state index < -0.39 is 0 Å². The van der Waals surface area contributed by atoms with Gasteiger partial charge in [-0.15, -0.1) is 0 Å². The van der Waals surface area contributed by atoms with E-state index in [2.05, 4.69) is 17.1 Å². The Labute approximate surface area is 141 Å². The van der Waals surface area contributed by atoms with Gasteiger partial charge in [0.25, 0.3) is 5.91 Å². The van der Waals surface area contributed by atoms with Crippen LogP contribution in [0, 0.1) is 0 Å². The molecule has 24 heavy (non-hydrogen) atoms. The molecule has 2 heterocycles. The van der Waals surface area contributed by atoms with E-state index in [1.165, 1.54) is 0 Å². The third-order valence-corrected chi connectivity index (χ3v) is 4.63. The number of benzene rings is 2. The minimum absolute atomic E-state index is 0.0847. The highest BCUT2D eigenvalue weighted by Crippen LogP contribution is 2.22. The van der Waals surface area contributed by atoms with E-state index in [9.17, 15) is 4.79 Å². The van der Waals surface area contributed by atoms with E-state index in [-0.39, 0.29) is 5.91 Å². The topological polar surface area (TPSA) is 38.1 Å². The summed E-state index contributed by atoms with van der Waals surface area (Å²) in [6.07, 6.45) is 2.65. The van der Waals surface area contributed by atoms with Crippen LogP contribution in [0.2, 0.25) is 0 Å². The lowest BCUT2D eigenvalue weighted by Gasteiger charge is -2.27. The number of carbonyl (C=O) groups is 1. The van der Waals surface area contributed by atoms with Crippen molar-refractivity contribution in [1.82, 2.24) is 14.5 Å². The van der Waals surface area contributed by atoms with Crippen molar-refractivity contribution in [3.8, 4) is 11.1 Å². The van der Waals surface area contributed by atoms with E-state index in [1.54, 1.807) is 0 Å². The summed E-state index contributed by atoms with van der Waals surface area (Å²) in [5.41, 5.74) is 5.27. The van der Waals surface area contributed by atoms with Crippen LogP contribution in [0.25, 0.3) is 11.1 Å². The van der Waals surface area contributed by atoms with Crippen LogP contribution in [0.3, 0.4) is 0 Å². The Hall–Kier alpha value is -2.88. The average molecular weight is 317 g/mol. The first-order valence-electron chi connectivity index (χ1n) is 8.16. The summed E-state index contributed by atoms with van der Waals surface area (Å²) < 4.78 is 2.01. The van der Waals surface area contributed by atoms with Crippen LogP contribution in [-0.2, 0) is 20.0 Å². The summed E-state index contributed by atoms with van der Waals surface area (Å²) in [5, 5.41) is 0. The predicted octanol–water partition coefficient (Wildman–Crippen LogP) is 3.29. The number of hydrogen-bond acceptors (Lipinski definition) is 2. The van der Waals surface area contributed by atoms with Crippen molar-refractivity contribution in [2.75, 3.05) is 6.54 Å². The molecule has 0 bridgehead atoms. The van der Waals surface area contributed by atoms with Gasteiger partial charge in [0, 0.05) is 25.6 Å². The number of nitrogens with zero attached hydrogens (tertiary/aromatic N) is 3. The van der Waals surface area contributed by atoms with Crippen molar-refractivity contribution >= 4 is 5.91 Å². The highest BCUT2D eigenvalue weighted by Gasteiger charge is 2.24. The third-order valence-electron chi connectivity index (χ3n) is 4.63. The molecule has 4 nitrogen and oxygen atoms in total. The third kappa shape index (κ3) is 2.60. The number of aromatic nitrogens is 2. The Bertz CT molecular complexity index is 866. The molecule has 1 amide bonds. The highest BCUT2D eigenvalue weighted by atomic mass is 16.2. The Kier molecular flexibility index (Phi) is 3.65. The minimum atomic E-state index is 0.0847. The van der Waals surface area contributed by atoms with E-state index in [4.69, 9.17) is 0 Å². The largest absolute Gasteiger partial charge is 0.336 e. The second-order valence-electron chi connectivity index (χ2n) is 6.17. The number of rotatable bonds is 2. The Morgan fingerprint density at radius 1 is 1.00 bits per heavy atom. The average Bonchev–Trinajstić information content (AvgIpc) is 3.02. The molecular weight excluding hydrogens is 298 g/mol. The molecule has 3 aromatic rings. The van der Waals surface area contributed by atoms with E-state index in [0.717, 1.165) is 41.0 Å². The fourth-order valence-corrected chi connectivity index (χ4v) is 3.21. The lowest BCUT2D eigenvalue weighted by Crippen LogP contribution is -2.36. The lowest BCUT2D eigenvalue weighted by molar-refractivity contribution is 0.0730.